The van der Waals surface area contributed by atoms with E-state index in [1.54, 1.807) is 48.7 Å². The van der Waals surface area contributed by atoms with Gasteiger partial charge >= 0.3 is 5.97 Å². The lowest BCUT2D eigenvalue weighted by Crippen LogP contribution is -2.23. The highest BCUT2D eigenvalue weighted by Crippen LogP contribution is 2.21. The second kappa shape index (κ2) is 8.63. The second-order valence-electron chi connectivity index (χ2n) is 4.57. The molecule has 0 amide bonds. The third-order valence-electron chi connectivity index (χ3n) is 2.89. The van der Waals surface area contributed by atoms with Crippen LogP contribution in [0, 0.1) is 0 Å². The Balaban J connectivity index is 1.89. The van der Waals surface area contributed by atoms with E-state index < -0.39 is 5.97 Å². The van der Waals surface area contributed by atoms with Gasteiger partial charge in [0.15, 0.2) is 5.11 Å². The fraction of sp³-hybridized carbons (Fsp3) is 0.0625. The summed E-state index contributed by atoms with van der Waals surface area (Å²) in [6.07, 6.45) is 1.57. The minimum absolute atomic E-state index is 0.303. The molecule has 124 valence electrons. The van der Waals surface area contributed by atoms with Crippen molar-refractivity contribution in [3.8, 4) is 0 Å². The van der Waals surface area contributed by atoms with Crippen molar-refractivity contribution in [3.63, 3.8) is 0 Å². The molecule has 2 aromatic carbocycles. The average molecular weight is 382 g/mol. The number of esters is 1. The van der Waals surface area contributed by atoms with E-state index in [4.69, 9.17) is 35.4 Å². The first-order chi connectivity index (χ1) is 11.5. The minimum Gasteiger partial charge on any atom is -0.465 e. The van der Waals surface area contributed by atoms with Gasteiger partial charge in [-0.15, -0.1) is 0 Å². The van der Waals surface area contributed by atoms with Crippen molar-refractivity contribution >= 4 is 58.4 Å². The molecule has 24 heavy (non-hydrogen) atoms. The van der Waals surface area contributed by atoms with E-state index in [0.29, 0.717) is 26.4 Å². The van der Waals surface area contributed by atoms with Gasteiger partial charge in [-0.3, -0.25) is 5.43 Å². The zero-order chi connectivity index (χ0) is 17.5. The molecule has 0 aliphatic rings. The Bertz CT molecular complexity index is 779. The fourth-order valence-corrected chi connectivity index (χ4v) is 2.20. The number of methoxy groups -OCH3 is 1. The number of carbonyl (C=O) groups is 1. The Hall–Kier alpha value is -2.15. The maximum absolute atomic E-state index is 11.4. The second-order valence-corrected chi connectivity index (χ2v) is 5.79. The van der Waals surface area contributed by atoms with Crippen molar-refractivity contribution in [2.24, 2.45) is 5.10 Å². The van der Waals surface area contributed by atoms with E-state index >= 15 is 0 Å². The van der Waals surface area contributed by atoms with E-state index in [0.717, 1.165) is 5.56 Å². The first-order valence-electron chi connectivity index (χ1n) is 6.73. The lowest BCUT2D eigenvalue weighted by molar-refractivity contribution is 0.0601. The van der Waals surface area contributed by atoms with Gasteiger partial charge in [0.25, 0.3) is 0 Å². The van der Waals surface area contributed by atoms with Crippen LogP contribution in [0.1, 0.15) is 15.9 Å². The van der Waals surface area contributed by atoms with Gasteiger partial charge in [-0.25, -0.2) is 4.79 Å². The maximum Gasteiger partial charge on any atom is 0.337 e. The highest BCUT2D eigenvalue weighted by molar-refractivity contribution is 7.80. The monoisotopic (exact) mass is 381 g/mol. The topological polar surface area (TPSA) is 62.7 Å². The van der Waals surface area contributed by atoms with Crippen molar-refractivity contribution in [1.82, 2.24) is 5.43 Å². The minimum atomic E-state index is -0.395. The first kappa shape index (κ1) is 18.2. The van der Waals surface area contributed by atoms with E-state index in [2.05, 4.69) is 20.6 Å². The molecule has 0 saturated heterocycles. The molecule has 2 rings (SSSR count). The summed E-state index contributed by atoms with van der Waals surface area (Å²) in [5.41, 5.74) is 4.63. The number of nitrogens with one attached hydrogen (secondary N) is 2. The van der Waals surface area contributed by atoms with Crippen LogP contribution in [0.3, 0.4) is 0 Å². The van der Waals surface area contributed by atoms with Gasteiger partial charge < -0.3 is 10.1 Å². The third-order valence-corrected chi connectivity index (χ3v) is 3.82. The van der Waals surface area contributed by atoms with E-state index in [1.165, 1.54) is 7.11 Å². The molecule has 0 radical (unpaired) electrons. The summed E-state index contributed by atoms with van der Waals surface area (Å²) < 4.78 is 4.63. The summed E-state index contributed by atoms with van der Waals surface area (Å²) in [7, 11) is 1.33. The molecule has 0 unspecified atom stereocenters. The Morgan fingerprint density at radius 1 is 1.17 bits per heavy atom. The van der Waals surface area contributed by atoms with Crippen molar-refractivity contribution in [2.75, 3.05) is 12.4 Å². The number of rotatable bonds is 4. The highest BCUT2D eigenvalue weighted by Gasteiger charge is 2.04. The molecule has 2 aromatic rings. The predicted molar refractivity (Wildman–Crippen MR) is 101 cm³/mol. The van der Waals surface area contributed by atoms with Gasteiger partial charge in [0, 0.05) is 5.69 Å². The lowest BCUT2D eigenvalue weighted by atomic mass is 10.2. The smallest absolute Gasteiger partial charge is 0.337 e. The molecular formula is C16H13Cl2N3O2S. The van der Waals surface area contributed by atoms with Crippen LogP contribution in [0.25, 0.3) is 0 Å². The van der Waals surface area contributed by atoms with Crippen LogP contribution in [0.15, 0.2) is 47.6 Å². The molecule has 0 aliphatic heterocycles. The molecule has 0 heterocycles. The number of benzene rings is 2. The van der Waals surface area contributed by atoms with Crippen LogP contribution in [0.2, 0.25) is 10.0 Å². The molecule has 0 saturated carbocycles. The largest absolute Gasteiger partial charge is 0.465 e. The number of hydrogen-bond acceptors (Lipinski definition) is 4. The lowest BCUT2D eigenvalue weighted by Gasteiger charge is -2.07. The number of ether oxygens (including phenoxy) is 1. The number of hydrazone groups is 1. The standard InChI is InChI=1S/C16H13Cl2N3O2S/c1-23-15(22)11-3-5-12(6-4-11)20-16(24)21-19-9-10-2-7-13(17)14(18)8-10/h2-9H,1H3,(H2,20,21,24)/b19-9+. The molecule has 0 fully saturated rings. The molecule has 0 spiro atoms. The molecule has 0 bridgehead atoms. The van der Waals surface area contributed by atoms with Crippen LogP contribution in [0.4, 0.5) is 5.69 Å². The average Bonchev–Trinajstić information content (AvgIpc) is 2.58. The van der Waals surface area contributed by atoms with E-state index in [-0.39, 0.29) is 0 Å². The Kier molecular flexibility index (Phi) is 6.54. The van der Waals surface area contributed by atoms with Gasteiger partial charge in [0.1, 0.15) is 0 Å². The molecule has 0 aliphatic carbocycles. The Morgan fingerprint density at radius 3 is 2.50 bits per heavy atom. The summed E-state index contributed by atoms with van der Waals surface area (Å²) in [4.78, 5) is 11.4. The molecule has 8 heteroatoms. The van der Waals surface area contributed by atoms with Gasteiger partial charge in [-0.2, -0.15) is 5.10 Å². The summed E-state index contributed by atoms with van der Waals surface area (Å²) in [5, 5.41) is 8.19. The molecule has 0 aromatic heterocycles. The number of halogens is 2. The van der Waals surface area contributed by atoms with Gasteiger partial charge in [-0.05, 0) is 54.2 Å². The van der Waals surface area contributed by atoms with Crippen molar-refractivity contribution in [2.45, 2.75) is 0 Å². The zero-order valence-electron chi connectivity index (χ0n) is 12.5. The number of thiocarbonyl (C=S) groups is 1. The van der Waals surface area contributed by atoms with Gasteiger partial charge in [0.05, 0.1) is 28.9 Å². The number of nitrogens with zero attached hydrogens (tertiary/aromatic N) is 1. The van der Waals surface area contributed by atoms with Crippen LogP contribution >= 0.6 is 35.4 Å². The highest BCUT2D eigenvalue weighted by atomic mass is 35.5. The zero-order valence-corrected chi connectivity index (χ0v) is 14.9. The quantitative estimate of drug-likeness (QED) is 0.361. The van der Waals surface area contributed by atoms with Gasteiger partial charge in [-0.1, -0.05) is 29.3 Å². The summed E-state index contributed by atoms with van der Waals surface area (Å²) in [6.45, 7) is 0. The molecular weight excluding hydrogens is 369 g/mol. The number of carbonyl (C=O) groups excluding carboxylic acids is 1. The summed E-state index contributed by atoms with van der Waals surface area (Å²) >= 11 is 16.9. The Morgan fingerprint density at radius 2 is 1.88 bits per heavy atom. The molecule has 0 atom stereocenters. The van der Waals surface area contributed by atoms with Crippen LogP contribution in [-0.2, 0) is 4.74 Å². The fourth-order valence-electron chi connectivity index (χ4n) is 1.72. The summed E-state index contributed by atoms with van der Waals surface area (Å²) in [6, 6.07) is 11.8. The number of anilines is 1. The maximum atomic E-state index is 11.4. The first-order valence-corrected chi connectivity index (χ1v) is 7.89. The van der Waals surface area contributed by atoms with Crippen molar-refractivity contribution in [1.29, 1.82) is 0 Å². The van der Waals surface area contributed by atoms with Crippen LogP contribution < -0.4 is 10.7 Å². The molecule has 5 nitrogen and oxygen atoms in total. The molecule has 2 N–H and O–H groups in total. The van der Waals surface area contributed by atoms with E-state index in [1.807, 2.05) is 0 Å². The van der Waals surface area contributed by atoms with E-state index in [9.17, 15) is 4.79 Å². The SMILES string of the molecule is COC(=O)c1ccc(NC(=S)N/N=C/c2ccc(Cl)c(Cl)c2)cc1. The number of hydrogen-bond donors (Lipinski definition) is 2. The van der Waals surface area contributed by atoms with Crippen LogP contribution in [0.5, 0.6) is 0 Å². The van der Waals surface area contributed by atoms with Gasteiger partial charge in [0.2, 0.25) is 0 Å². The van der Waals surface area contributed by atoms with Crippen LogP contribution in [-0.4, -0.2) is 24.4 Å². The Labute approximate surface area is 154 Å². The van der Waals surface area contributed by atoms with Crippen molar-refractivity contribution in [3.05, 3.63) is 63.6 Å². The summed E-state index contributed by atoms with van der Waals surface area (Å²) in [5.74, 6) is -0.395. The predicted octanol–water partition coefficient (Wildman–Crippen LogP) is 4.10. The van der Waals surface area contributed by atoms with Crippen molar-refractivity contribution < 1.29 is 9.53 Å². The normalized spacial score (nSPS) is 10.5. The third kappa shape index (κ3) is 5.19.